The second kappa shape index (κ2) is 6.49. The van der Waals surface area contributed by atoms with E-state index in [0.717, 1.165) is 19.0 Å². The molecular weight excluding hydrogens is 184 g/mol. The molecule has 0 heterocycles. The van der Waals surface area contributed by atoms with E-state index in [1.54, 1.807) is 0 Å². The molecule has 2 nitrogen and oxygen atoms in total. The molecule has 0 fully saturated rings. The molecule has 0 aromatic carbocycles. The molecule has 0 rings (SSSR count). The van der Waals surface area contributed by atoms with E-state index in [1.165, 1.54) is 6.42 Å². The van der Waals surface area contributed by atoms with Crippen LogP contribution in [0.3, 0.4) is 0 Å². The minimum absolute atomic E-state index is 0.437. The highest BCUT2D eigenvalue weighted by molar-refractivity contribution is 4.72. The highest BCUT2D eigenvalue weighted by atomic mass is 15.1. The third-order valence-corrected chi connectivity index (χ3v) is 3.19. The molecule has 2 heteroatoms. The van der Waals surface area contributed by atoms with E-state index < -0.39 is 0 Å². The quantitative estimate of drug-likeness (QED) is 0.731. The fourth-order valence-corrected chi connectivity index (χ4v) is 1.59. The Morgan fingerprint density at radius 1 is 1.13 bits per heavy atom. The summed E-state index contributed by atoms with van der Waals surface area (Å²) in [6.07, 6.45) is 1.27. The number of hydrogen-bond acceptors (Lipinski definition) is 2. The van der Waals surface area contributed by atoms with Crippen LogP contribution in [0.5, 0.6) is 0 Å². The first kappa shape index (κ1) is 14.9. The molecule has 0 saturated heterocycles. The normalized spacial score (nSPS) is 16.8. The van der Waals surface area contributed by atoms with Crippen LogP contribution in [0.1, 0.15) is 41.0 Å². The lowest BCUT2D eigenvalue weighted by Gasteiger charge is -2.28. The van der Waals surface area contributed by atoms with Gasteiger partial charge < -0.3 is 10.2 Å². The van der Waals surface area contributed by atoms with Crippen LogP contribution in [0.15, 0.2) is 0 Å². The molecule has 0 aromatic rings. The smallest absolute Gasteiger partial charge is 0.0166 e. The van der Waals surface area contributed by atoms with E-state index in [1.807, 2.05) is 0 Å². The van der Waals surface area contributed by atoms with Crippen LogP contribution in [-0.2, 0) is 0 Å². The number of likely N-dealkylation sites (N-methyl/N-ethyl adjacent to an activating group) is 1. The molecule has 0 aromatic heterocycles. The van der Waals surface area contributed by atoms with Crippen molar-refractivity contribution >= 4 is 0 Å². The lowest BCUT2D eigenvalue weighted by Crippen LogP contribution is -2.37. The van der Waals surface area contributed by atoms with Crippen molar-refractivity contribution in [1.82, 2.24) is 10.2 Å². The van der Waals surface area contributed by atoms with Crippen molar-refractivity contribution in [2.75, 3.05) is 27.2 Å². The van der Waals surface area contributed by atoms with E-state index in [2.05, 4.69) is 58.9 Å². The van der Waals surface area contributed by atoms with Gasteiger partial charge in [0.2, 0.25) is 0 Å². The van der Waals surface area contributed by atoms with Crippen molar-refractivity contribution in [2.45, 2.75) is 47.1 Å². The Morgan fingerprint density at radius 3 is 2.07 bits per heavy atom. The van der Waals surface area contributed by atoms with Crippen molar-refractivity contribution in [2.24, 2.45) is 11.3 Å². The van der Waals surface area contributed by atoms with Crippen molar-refractivity contribution in [3.63, 3.8) is 0 Å². The monoisotopic (exact) mass is 214 g/mol. The van der Waals surface area contributed by atoms with Gasteiger partial charge >= 0.3 is 0 Å². The number of hydrogen-bond donors (Lipinski definition) is 1. The van der Waals surface area contributed by atoms with Crippen LogP contribution in [0.4, 0.5) is 0 Å². The van der Waals surface area contributed by atoms with E-state index in [9.17, 15) is 0 Å². The number of nitrogens with one attached hydrogen (secondary N) is 1. The van der Waals surface area contributed by atoms with Crippen LogP contribution >= 0.6 is 0 Å². The van der Waals surface area contributed by atoms with Crippen molar-refractivity contribution in [3.05, 3.63) is 0 Å². The zero-order chi connectivity index (χ0) is 12.1. The molecule has 0 aliphatic rings. The van der Waals surface area contributed by atoms with Gasteiger partial charge in [-0.15, -0.1) is 0 Å². The summed E-state index contributed by atoms with van der Waals surface area (Å²) in [7, 11) is 4.24. The van der Waals surface area contributed by atoms with Gasteiger partial charge in [-0.1, -0.05) is 27.7 Å². The Bertz CT molecular complexity index is 158. The third kappa shape index (κ3) is 7.80. The van der Waals surface area contributed by atoms with Crippen molar-refractivity contribution in [1.29, 1.82) is 0 Å². The average Bonchev–Trinajstić information content (AvgIpc) is 2.00. The van der Waals surface area contributed by atoms with E-state index in [4.69, 9.17) is 0 Å². The molecule has 2 atom stereocenters. The Hall–Kier alpha value is -0.0800. The van der Waals surface area contributed by atoms with Gasteiger partial charge in [-0.05, 0) is 45.3 Å². The fourth-order valence-electron chi connectivity index (χ4n) is 1.59. The molecule has 2 unspecified atom stereocenters. The lowest BCUT2D eigenvalue weighted by atomic mass is 9.80. The average molecular weight is 214 g/mol. The Balaban J connectivity index is 3.62. The molecule has 0 amide bonds. The Morgan fingerprint density at radius 2 is 1.67 bits per heavy atom. The van der Waals surface area contributed by atoms with Crippen LogP contribution in [0.2, 0.25) is 0 Å². The summed E-state index contributed by atoms with van der Waals surface area (Å²) in [5.74, 6) is 0.775. The van der Waals surface area contributed by atoms with Gasteiger partial charge in [0.05, 0.1) is 0 Å². The fraction of sp³-hybridized carbons (Fsp3) is 1.00. The van der Waals surface area contributed by atoms with Gasteiger partial charge in [0, 0.05) is 12.6 Å². The number of nitrogens with zero attached hydrogens (tertiary/aromatic N) is 1. The predicted octanol–water partition coefficient (Wildman–Crippen LogP) is 2.60. The van der Waals surface area contributed by atoms with Gasteiger partial charge in [0.1, 0.15) is 0 Å². The summed E-state index contributed by atoms with van der Waals surface area (Å²) in [6, 6.07) is 0.590. The molecule has 92 valence electrons. The topological polar surface area (TPSA) is 15.3 Å². The molecule has 0 radical (unpaired) electrons. The maximum absolute atomic E-state index is 3.58. The summed E-state index contributed by atoms with van der Waals surface area (Å²) in [4.78, 5) is 2.23. The summed E-state index contributed by atoms with van der Waals surface area (Å²) in [5.41, 5.74) is 0.437. The first-order valence-electron chi connectivity index (χ1n) is 6.11. The van der Waals surface area contributed by atoms with Crippen molar-refractivity contribution in [3.8, 4) is 0 Å². The largest absolute Gasteiger partial charge is 0.313 e. The maximum atomic E-state index is 3.58. The maximum Gasteiger partial charge on any atom is 0.0166 e. The van der Waals surface area contributed by atoms with Crippen LogP contribution in [0, 0.1) is 11.3 Å². The highest BCUT2D eigenvalue weighted by Crippen LogP contribution is 2.27. The molecule has 1 N–H and O–H groups in total. The zero-order valence-corrected chi connectivity index (χ0v) is 11.7. The molecule has 0 bridgehead atoms. The van der Waals surface area contributed by atoms with E-state index >= 15 is 0 Å². The van der Waals surface area contributed by atoms with Gasteiger partial charge in [0.25, 0.3) is 0 Å². The summed E-state index contributed by atoms with van der Waals surface area (Å²) in [6.45, 7) is 13.8. The first-order chi connectivity index (χ1) is 6.73. The van der Waals surface area contributed by atoms with E-state index in [-0.39, 0.29) is 0 Å². The molecule has 15 heavy (non-hydrogen) atoms. The first-order valence-corrected chi connectivity index (χ1v) is 6.11. The van der Waals surface area contributed by atoms with Gasteiger partial charge in [-0.3, -0.25) is 0 Å². The van der Waals surface area contributed by atoms with E-state index in [0.29, 0.717) is 11.5 Å². The molecule has 0 aliphatic heterocycles. The second-order valence-electron chi connectivity index (χ2n) is 6.17. The van der Waals surface area contributed by atoms with Crippen LogP contribution < -0.4 is 5.32 Å². The van der Waals surface area contributed by atoms with Crippen LogP contribution in [-0.4, -0.2) is 38.1 Å². The Kier molecular flexibility index (Phi) is 6.46. The van der Waals surface area contributed by atoms with Gasteiger partial charge in [-0.25, -0.2) is 0 Å². The minimum Gasteiger partial charge on any atom is -0.313 e. The van der Waals surface area contributed by atoms with Crippen LogP contribution in [0.25, 0.3) is 0 Å². The predicted molar refractivity (Wildman–Crippen MR) is 69.3 cm³/mol. The summed E-state index contributed by atoms with van der Waals surface area (Å²) >= 11 is 0. The summed E-state index contributed by atoms with van der Waals surface area (Å²) < 4.78 is 0. The minimum atomic E-state index is 0.437. The standard InChI is InChI=1S/C13H30N2/c1-11(13(3,4)5)8-9-14-12(2)10-15(6)7/h11-12,14H,8-10H2,1-7H3. The molecule has 0 saturated carbocycles. The van der Waals surface area contributed by atoms with Gasteiger partial charge in [-0.2, -0.15) is 0 Å². The third-order valence-electron chi connectivity index (χ3n) is 3.19. The lowest BCUT2D eigenvalue weighted by molar-refractivity contribution is 0.239. The molecule has 0 aliphatic carbocycles. The van der Waals surface area contributed by atoms with Crippen molar-refractivity contribution < 1.29 is 0 Å². The second-order valence-corrected chi connectivity index (χ2v) is 6.17. The zero-order valence-electron chi connectivity index (χ0n) is 11.7. The Labute approximate surface area is 96.4 Å². The summed E-state index contributed by atoms with van der Waals surface area (Å²) in [5, 5.41) is 3.58. The highest BCUT2D eigenvalue weighted by Gasteiger charge is 2.19. The number of rotatable bonds is 6. The SMILES string of the molecule is CC(CN(C)C)NCCC(C)C(C)(C)C. The van der Waals surface area contributed by atoms with Gasteiger partial charge in [0.15, 0.2) is 0 Å². The molecule has 0 spiro atoms. The molecular formula is C13H30N2.